The highest BCUT2D eigenvalue weighted by Crippen LogP contribution is 2.15. The van der Waals surface area contributed by atoms with E-state index in [1.807, 2.05) is 0 Å². The van der Waals surface area contributed by atoms with Crippen LogP contribution < -0.4 is 10.1 Å². The molecule has 0 bridgehead atoms. The lowest BCUT2D eigenvalue weighted by molar-refractivity contribution is -0.0498. The van der Waals surface area contributed by atoms with E-state index in [2.05, 4.69) is 41.2 Å². The number of hydrogen-bond donors (Lipinski definition) is 1. The highest BCUT2D eigenvalue weighted by atomic mass is 19.3. The summed E-state index contributed by atoms with van der Waals surface area (Å²) in [6.07, 6.45) is 1.04. The maximum absolute atomic E-state index is 12.0. The molecule has 0 aliphatic carbocycles. The Kier molecular flexibility index (Phi) is 5.69. The van der Waals surface area contributed by atoms with Crippen molar-refractivity contribution in [2.75, 3.05) is 0 Å². The van der Waals surface area contributed by atoms with Gasteiger partial charge in [-0.25, -0.2) is 0 Å². The number of benzene rings is 2. The molecule has 2 aromatic rings. The van der Waals surface area contributed by atoms with Crippen LogP contribution in [0.15, 0.2) is 48.5 Å². The van der Waals surface area contributed by atoms with Gasteiger partial charge in [0.1, 0.15) is 5.75 Å². The van der Waals surface area contributed by atoms with Gasteiger partial charge in [0.05, 0.1) is 0 Å². The molecule has 0 aliphatic rings. The van der Waals surface area contributed by atoms with Crippen LogP contribution in [-0.2, 0) is 19.5 Å². The standard InChI is InChI=1S/C17H19F2NO/c1-2-13-3-5-14(6-4-13)11-20-12-15-7-9-16(10-8-15)21-17(18)19/h3-10,17,20H,2,11-12H2,1H3. The van der Waals surface area contributed by atoms with Gasteiger partial charge in [-0.15, -0.1) is 0 Å². The van der Waals surface area contributed by atoms with E-state index in [0.29, 0.717) is 6.54 Å². The molecule has 0 atom stereocenters. The van der Waals surface area contributed by atoms with E-state index in [1.54, 1.807) is 24.3 Å². The number of rotatable bonds is 7. The maximum atomic E-state index is 12.0. The molecule has 21 heavy (non-hydrogen) atoms. The highest BCUT2D eigenvalue weighted by molar-refractivity contribution is 5.27. The van der Waals surface area contributed by atoms with Crippen molar-refractivity contribution >= 4 is 0 Å². The molecule has 0 radical (unpaired) electrons. The van der Waals surface area contributed by atoms with Crippen LogP contribution in [0.3, 0.4) is 0 Å². The van der Waals surface area contributed by atoms with Gasteiger partial charge >= 0.3 is 6.61 Å². The zero-order valence-electron chi connectivity index (χ0n) is 12.0. The van der Waals surface area contributed by atoms with E-state index in [9.17, 15) is 8.78 Å². The lowest BCUT2D eigenvalue weighted by Gasteiger charge is -2.08. The van der Waals surface area contributed by atoms with Gasteiger partial charge in [0, 0.05) is 13.1 Å². The first-order valence-corrected chi connectivity index (χ1v) is 6.99. The Bertz CT molecular complexity index is 538. The Morgan fingerprint density at radius 1 is 0.857 bits per heavy atom. The van der Waals surface area contributed by atoms with Gasteiger partial charge in [-0.3, -0.25) is 0 Å². The number of nitrogens with one attached hydrogen (secondary N) is 1. The fraction of sp³-hybridized carbons (Fsp3) is 0.294. The van der Waals surface area contributed by atoms with Crippen molar-refractivity contribution in [1.82, 2.24) is 5.32 Å². The second-order valence-electron chi connectivity index (χ2n) is 4.80. The summed E-state index contributed by atoms with van der Waals surface area (Å²) in [7, 11) is 0. The molecule has 0 unspecified atom stereocenters. The van der Waals surface area contributed by atoms with Crippen LogP contribution in [0.4, 0.5) is 8.78 Å². The molecule has 0 amide bonds. The fourth-order valence-electron chi connectivity index (χ4n) is 2.03. The Morgan fingerprint density at radius 2 is 1.33 bits per heavy atom. The lowest BCUT2D eigenvalue weighted by atomic mass is 10.1. The smallest absolute Gasteiger partial charge is 0.387 e. The second-order valence-corrected chi connectivity index (χ2v) is 4.80. The number of ether oxygens (including phenoxy) is 1. The van der Waals surface area contributed by atoms with Gasteiger partial charge < -0.3 is 10.1 Å². The van der Waals surface area contributed by atoms with Crippen molar-refractivity contribution in [3.05, 3.63) is 65.2 Å². The molecule has 0 spiro atoms. The summed E-state index contributed by atoms with van der Waals surface area (Å²) < 4.78 is 28.4. The van der Waals surface area contributed by atoms with E-state index in [1.165, 1.54) is 11.1 Å². The van der Waals surface area contributed by atoms with Gasteiger partial charge in [-0.05, 0) is 35.2 Å². The van der Waals surface area contributed by atoms with Gasteiger partial charge in [-0.1, -0.05) is 43.3 Å². The third-order valence-corrected chi connectivity index (χ3v) is 3.24. The van der Waals surface area contributed by atoms with Crippen LogP contribution in [0.25, 0.3) is 0 Å². The molecule has 2 rings (SSSR count). The summed E-state index contributed by atoms with van der Waals surface area (Å²) in [6.45, 7) is 0.818. The minimum Gasteiger partial charge on any atom is -0.435 e. The van der Waals surface area contributed by atoms with E-state index < -0.39 is 6.61 Å². The Balaban J connectivity index is 1.79. The summed E-state index contributed by atoms with van der Waals surface area (Å²) in [6, 6.07) is 15.2. The average molecular weight is 291 g/mol. The Morgan fingerprint density at radius 3 is 1.81 bits per heavy atom. The largest absolute Gasteiger partial charge is 0.435 e. The van der Waals surface area contributed by atoms with Crippen molar-refractivity contribution < 1.29 is 13.5 Å². The summed E-state index contributed by atoms with van der Waals surface area (Å²) >= 11 is 0. The first kappa shape index (κ1) is 15.4. The first-order valence-electron chi connectivity index (χ1n) is 6.99. The predicted octanol–water partition coefficient (Wildman–Crippen LogP) is 4.14. The van der Waals surface area contributed by atoms with Crippen LogP contribution in [0.5, 0.6) is 5.75 Å². The summed E-state index contributed by atoms with van der Waals surface area (Å²) in [5.41, 5.74) is 3.58. The van der Waals surface area contributed by atoms with Crippen molar-refractivity contribution in [1.29, 1.82) is 0 Å². The summed E-state index contributed by atoms with van der Waals surface area (Å²) in [5, 5.41) is 3.33. The molecule has 2 aromatic carbocycles. The van der Waals surface area contributed by atoms with E-state index in [-0.39, 0.29) is 5.75 Å². The topological polar surface area (TPSA) is 21.3 Å². The van der Waals surface area contributed by atoms with E-state index in [0.717, 1.165) is 18.5 Å². The molecule has 0 aliphatic heterocycles. The van der Waals surface area contributed by atoms with Gasteiger partial charge in [0.2, 0.25) is 0 Å². The maximum Gasteiger partial charge on any atom is 0.387 e. The van der Waals surface area contributed by atoms with Crippen LogP contribution in [0.2, 0.25) is 0 Å². The minimum atomic E-state index is -2.78. The van der Waals surface area contributed by atoms with Gasteiger partial charge in [-0.2, -0.15) is 8.78 Å². The quantitative estimate of drug-likeness (QED) is 0.828. The summed E-state index contributed by atoms with van der Waals surface area (Å²) in [4.78, 5) is 0. The Hall–Kier alpha value is -1.94. The monoisotopic (exact) mass is 291 g/mol. The van der Waals surface area contributed by atoms with E-state index in [4.69, 9.17) is 0 Å². The third kappa shape index (κ3) is 5.16. The molecule has 112 valence electrons. The normalized spacial score (nSPS) is 10.9. The molecular formula is C17H19F2NO. The third-order valence-electron chi connectivity index (χ3n) is 3.24. The van der Waals surface area contributed by atoms with Crippen molar-refractivity contribution in [3.8, 4) is 5.75 Å². The SMILES string of the molecule is CCc1ccc(CNCc2ccc(OC(F)F)cc2)cc1. The minimum absolute atomic E-state index is 0.184. The molecule has 0 heterocycles. The summed E-state index contributed by atoms with van der Waals surface area (Å²) in [5.74, 6) is 0.184. The second kappa shape index (κ2) is 7.74. The molecule has 0 aromatic heterocycles. The Labute approximate surface area is 123 Å². The number of halogens is 2. The number of aryl methyl sites for hydroxylation is 1. The highest BCUT2D eigenvalue weighted by Gasteiger charge is 2.03. The van der Waals surface area contributed by atoms with Crippen LogP contribution >= 0.6 is 0 Å². The van der Waals surface area contributed by atoms with Crippen molar-refractivity contribution in [2.24, 2.45) is 0 Å². The molecule has 0 saturated heterocycles. The average Bonchev–Trinajstić information content (AvgIpc) is 2.49. The molecule has 0 fully saturated rings. The van der Waals surface area contributed by atoms with Crippen LogP contribution in [-0.4, -0.2) is 6.61 Å². The zero-order valence-corrected chi connectivity index (χ0v) is 12.0. The number of hydrogen-bond acceptors (Lipinski definition) is 2. The lowest BCUT2D eigenvalue weighted by Crippen LogP contribution is -2.12. The predicted molar refractivity (Wildman–Crippen MR) is 79.4 cm³/mol. The van der Waals surface area contributed by atoms with Crippen LogP contribution in [0, 0.1) is 0 Å². The van der Waals surface area contributed by atoms with Crippen molar-refractivity contribution in [3.63, 3.8) is 0 Å². The first-order chi connectivity index (χ1) is 10.2. The van der Waals surface area contributed by atoms with Gasteiger partial charge in [0.25, 0.3) is 0 Å². The zero-order chi connectivity index (χ0) is 15.1. The molecule has 0 saturated carbocycles. The number of alkyl halides is 2. The van der Waals surface area contributed by atoms with Crippen molar-refractivity contribution in [2.45, 2.75) is 33.0 Å². The van der Waals surface area contributed by atoms with Gasteiger partial charge in [0.15, 0.2) is 0 Å². The molecular weight excluding hydrogens is 272 g/mol. The molecule has 1 N–H and O–H groups in total. The fourth-order valence-corrected chi connectivity index (χ4v) is 2.03. The van der Waals surface area contributed by atoms with E-state index >= 15 is 0 Å². The van der Waals surface area contributed by atoms with Crippen LogP contribution in [0.1, 0.15) is 23.6 Å². The molecule has 4 heteroatoms. The molecule has 2 nitrogen and oxygen atoms in total.